The van der Waals surface area contributed by atoms with Crippen LogP contribution in [0.1, 0.15) is 18.5 Å². The summed E-state index contributed by atoms with van der Waals surface area (Å²) in [6.07, 6.45) is 0.795. The van der Waals surface area contributed by atoms with Crippen molar-refractivity contribution in [2.24, 2.45) is 0 Å². The number of benzene rings is 1. The van der Waals surface area contributed by atoms with E-state index in [9.17, 15) is 5.11 Å². The molecule has 3 heteroatoms. The van der Waals surface area contributed by atoms with E-state index in [1.807, 2.05) is 37.3 Å². The molecular weight excluding hydrogens is 202 g/mol. The number of nitrogens with one attached hydrogen (secondary N) is 1. The van der Waals surface area contributed by atoms with Crippen molar-refractivity contribution in [3.8, 4) is 0 Å². The van der Waals surface area contributed by atoms with Crippen molar-refractivity contribution in [2.75, 3.05) is 6.61 Å². The minimum atomic E-state index is -0.816. The van der Waals surface area contributed by atoms with Gasteiger partial charge in [-0.3, -0.25) is 0 Å². The Bertz CT molecular complexity index is 313. The molecule has 0 aliphatic rings. The monoisotopic (exact) mass is 221 g/mol. The van der Waals surface area contributed by atoms with Crippen molar-refractivity contribution in [3.63, 3.8) is 0 Å². The predicted molar refractivity (Wildman–Crippen MR) is 65.1 cm³/mol. The highest BCUT2D eigenvalue weighted by Crippen LogP contribution is 2.13. The van der Waals surface area contributed by atoms with Gasteiger partial charge in [-0.25, -0.2) is 0 Å². The molecule has 0 amide bonds. The average molecular weight is 221 g/mol. The van der Waals surface area contributed by atoms with Crippen molar-refractivity contribution in [1.29, 1.82) is 0 Å². The highest BCUT2D eigenvalue weighted by molar-refractivity contribution is 5.18. The Hall–Kier alpha value is -1.16. The van der Waals surface area contributed by atoms with E-state index in [1.165, 1.54) is 0 Å². The molecule has 88 valence electrons. The number of rotatable bonds is 6. The molecule has 0 fully saturated rings. The molecule has 0 aliphatic heterocycles. The van der Waals surface area contributed by atoms with Crippen LogP contribution >= 0.6 is 0 Å². The third-order valence-corrected chi connectivity index (χ3v) is 2.60. The van der Waals surface area contributed by atoms with E-state index in [1.54, 1.807) is 6.08 Å². The van der Waals surface area contributed by atoms with Crippen molar-refractivity contribution < 1.29 is 10.2 Å². The van der Waals surface area contributed by atoms with Crippen molar-refractivity contribution >= 4 is 0 Å². The molecular formula is C13H19NO2. The summed E-state index contributed by atoms with van der Waals surface area (Å²) in [5.74, 6) is 0. The molecule has 0 aliphatic carbocycles. The van der Waals surface area contributed by atoms with Gasteiger partial charge in [0.2, 0.25) is 0 Å². The van der Waals surface area contributed by atoms with E-state index in [0.717, 1.165) is 5.56 Å². The quantitative estimate of drug-likeness (QED) is 0.634. The van der Waals surface area contributed by atoms with E-state index in [-0.39, 0.29) is 18.7 Å². The van der Waals surface area contributed by atoms with Gasteiger partial charge in [-0.15, -0.1) is 6.58 Å². The lowest BCUT2D eigenvalue weighted by molar-refractivity contribution is 0.0729. The summed E-state index contributed by atoms with van der Waals surface area (Å²) >= 11 is 0. The average Bonchev–Trinajstić information content (AvgIpc) is 2.35. The topological polar surface area (TPSA) is 52.5 Å². The normalized spacial score (nSPS) is 16.4. The Kier molecular flexibility index (Phi) is 5.19. The van der Waals surface area contributed by atoms with Gasteiger partial charge in [0.25, 0.3) is 0 Å². The predicted octanol–water partition coefficient (Wildman–Crippen LogP) is 1.24. The van der Waals surface area contributed by atoms with E-state index in [2.05, 4.69) is 11.9 Å². The number of hydrogen-bond acceptors (Lipinski definition) is 3. The first-order valence-electron chi connectivity index (χ1n) is 5.41. The molecule has 3 atom stereocenters. The molecule has 0 unspecified atom stereocenters. The maximum Gasteiger partial charge on any atom is 0.0959 e. The maximum absolute atomic E-state index is 9.53. The van der Waals surface area contributed by atoms with Crippen LogP contribution in [0.5, 0.6) is 0 Å². The Morgan fingerprint density at radius 1 is 1.38 bits per heavy atom. The summed E-state index contributed by atoms with van der Waals surface area (Å²) in [6.45, 7) is 5.38. The second-order valence-electron chi connectivity index (χ2n) is 3.81. The van der Waals surface area contributed by atoms with E-state index < -0.39 is 6.10 Å². The minimum absolute atomic E-state index is 0.102. The van der Waals surface area contributed by atoms with Crippen LogP contribution in [0.2, 0.25) is 0 Å². The van der Waals surface area contributed by atoms with Gasteiger partial charge in [-0.2, -0.15) is 0 Å². The largest absolute Gasteiger partial charge is 0.394 e. The maximum atomic E-state index is 9.53. The summed E-state index contributed by atoms with van der Waals surface area (Å²) in [5, 5.41) is 21.6. The smallest absolute Gasteiger partial charge is 0.0959 e. The summed E-state index contributed by atoms with van der Waals surface area (Å²) in [7, 11) is 0. The molecule has 3 nitrogen and oxygen atoms in total. The summed E-state index contributed by atoms with van der Waals surface area (Å²) in [5.41, 5.74) is 1.14. The molecule has 0 spiro atoms. The first-order valence-corrected chi connectivity index (χ1v) is 5.41. The number of hydrogen-bond donors (Lipinski definition) is 3. The first kappa shape index (κ1) is 12.9. The molecule has 0 saturated heterocycles. The van der Waals surface area contributed by atoms with Crippen LogP contribution in [0.15, 0.2) is 43.0 Å². The lowest BCUT2D eigenvalue weighted by atomic mass is 10.1. The van der Waals surface area contributed by atoms with Crippen LogP contribution in [0.4, 0.5) is 0 Å². The molecule has 0 saturated carbocycles. The SMILES string of the molecule is C=C[C@H](N[C@@H](C)c1ccccc1)[C@H](O)CO. The molecule has 0 heterocycles. The fourth-order valence-corrected chi connectivity index (χ4v) is 1.58. The molecule has 0 aromatic heterocycles. The number of aliphatic hydroxyl groups is 2. The van der Waals surface area contributed by atoms with Crippen LogP contribution in [-0.2, 0) is 0 Å². The summed E-state index contributed by atoms with van der Waals surface area (Å²) < 4.78 is 0. The number of aliphatic hydroxyl groups excluding tert-OH is 2. The molecule has 1 aromatic carbocycles. The van der Waals surface area contributed by atoms with E-state index in [0.29, 0.717) is 0 Å². The third-order valence-electron chi connectivity index (χ3n) is 2.60. The fourth-order valence-electron chi connectivity index (χ4n) is 1.58. The molecule has 3 N–H and O–H groups in total. The minimum Gasteiger partial charge on any atom is -0.394 e. The van der Waals surface area contributed by atoms with Crippen LogP contribution in [0, 0.1) is 0 Å². The van der Waals surface area contributed by atoms with Crippen LogP contribution < -0.4 is 5.32 Å². The Morgan fingerprint density at radius 3 is 2.50 bits per heavy atom. The lowest BCUT2D eigenvalue weighted by Gasteiger charge is -2.24. The van der Waals surface area contributed by atoms with Gasteiger partial charge in [0.1, 0.15) is 0 Å². The van der Waals surface area contributed by atoms with Gasteiger partial charge in [0.15, 0.2) is 0 Å². The molecule has 0 bridgehead atoms. The standard InChI is InChI=1S/C13H19NO2/c1-3-12(13(16)9-15)14-10(2)11-7-5-4-6-8-11/h3-8,10,12-16H,1,9H2,2H3/t10-,12-,13+/m0/s1. The van der Waals surface area contributed by atoms with Gasteiger partial charge in [0.05, 0.1) is 18.8 Å². The second kappa shape index (κ2) is 6.43. The van der Waals surface area contributed by atoms with Gasteiger partial charge >= 0.3 is 0 Å². The van der Waals surface area contributed by atoms with Crippen molar-refractivity contribution in [2.45, 2.75) is 25.1 Å². The van der Waals surface area contributed by atoms with Crippen molar-refractivity contribution in [1.82, 2.24) is 5.32 Å². The highest BCUT2D eigenvalue weighted by atomic mass is 16.3. The fraction of sp³-hybridized carbons (Fsp3) is 0.385. The summed E-state index contributed by atoms with van der Waals surface area (Å²) in [4.78, 5) is 0. The highest BCUT2D eigenvalue weighted by Gasteiger charge is 2.17. The molecule has 0 radical (unpaired) electrons. The lowest BCUT2D eigenvalue weighted by Crippen LogP contribution is -2.41. The zero-order chi connectivity index (χ0) is 12.0. The van der Waals surface area contributed by atoms with Gasteiger partial charge < -0.3 is 15.5 Å². The summed E-state index contributed by atoms with van der Waals surface area (Å²) in [6, 6.07) is 9.74. The Labute approximate surface area is 96.4 Å². The van der Waals surface area contributed by atoms with Crippen LogP contribution in [0.3, 0.4) is 0 Å². The van der Waals surface area contributed by atoms with Gasteiger partial charge in [0, 0.05) is 6.04 Å². The Balaban J connectivity index is 2.62. The Morgan fingerprint density at radius 2 is 2.00 bits per heavy atom. The van der Waals surface area contributed by atoms with Crippen molar-refractivity contribution in [3.05, 3.63) is 48.6 Å². The molecule has 1 rings (SSSR count). The van der Waals surface area contributed by atoms with Gasteiger partial charge in [-0.1, -0.05) is 36.4 Å². The van der Waals surface area contributed by atoms with E-state index in [4.69, 9.17) is 5.11 Å². The molecule has 16 heavy (non-hydrogen) atoms. The first-order chi connectivity index (χ1) is 7.69. The second-order valence-corrected chi connectivity index (χ2v) is 3.81. The zero-order valence-electron chi connectivity index (χ0n) is 9.50. The molecule has 1 aromatic rings. The third kappa shape index (κ3) is 3.45. The zero-order valence-corrected chi connectivity index (χ0v) is 9.50. The van der Waals surface area contributed by atoms with Crippen LogP contribution in [-0.4, -0.2) is 29.0 Å². The van der Waals surface area contributed by atoms with Crippen LogP contribution in [0.25, 0.3) is 0 Å². The van der Waals surface area contributed by atoms with E-state index >= 15 is 0 Å². The van der Waals surface area contributed by atoms with Gasteiger partial charge in [-0.05, 0) is 12.5 Å².